The second kappa shape index (κ2) is 9.04. The van der Waals surface area contributed by atoms with E-state index in [-0.39, 0.29) is 24.8 Å². The molecular formula is C23H25Cl2NZr. The third kappa shape index (κ3) is 3.95. The van der Waals surface area contributed by atoms with Gasteiger partial charge in [0.05, 0.1) is 0 Å². The first-order valence-corrected chi connectivity index (χ1v) is 12.7. The van der Waals surface area contributed by atoms with E-state index in [2.05, 4.69) is 87.5 Å². The monoisotopic (exact) mass is 475 g/mol. The summed E-state index contributed by atoms with van der Waals surface area (Å²) in [4.78, 5) is 2.32. The maximum Gasteiger partial charge on any atom is -1.00 e. The third-order valence-electron chi connectivity index (χ3n) is 5.29. The molecule has 0 saturated heterocycles. The number of nitrogens with zero attached hydrogens (tertiary/aromatic N) is 1. The zero-order chi connectivity index (χ0) is 17.6. The van der Waals surface area contributed by atoms with Crippen molar-refractivity contribution < 1.29 is 46.1 Å². The van der Waals surface area contributed by atoms with Crippen LogP contribution >= 0.6 is 0 Å². The van der Waals surface area contributed by atoms with Crippen LogP contribution in [-0.4, -0.2) is 17.3 Å². The number of hydrogen-bond donors (Lipinski definition) is 0. The van der Waals surface area contributed by atoms with E-state index in [9.17, 15) is 0 Å². The summed E-state index contributed by atoms with van der Waals surface area (Å²) in [7, 11) is 4.39. The average molecular weight is 478 g/mol. The maximum atomic E-state index is 2.41. The van der Waals surface area contributed by atoms with Crippen molar-refractivity contribution in [3.05, 3.63) is 69.0 Å². The predicted octanol–water partition coefficient (Wildman–Crippen LogP) is -1.37. The van der Waals surface area contributed by atoms with Crippen LogP contribution in [0.2, 0.25) is 0 Å². The van der Waals surface area contributed by atoms with Gasteiger partial charge in [0.25, 0.3) is 0 Å². The first-order valence-electron chi connectivity index (χ1n) is 9.03. The van der Waals surface area contributed by atoms with Crippen LogP contribution in [-0.2, 0) is 27.7 Å². The molecule has 27 heavy (non-hydrogen) atoms. The number of benzene rings is 2. The molecule has 2 aliphatic rings. The van der Waals surface area contributed by atoms with Crippen molar-refractivity contribution in [1.82, 2.24) is 0 Å². The minimum Gasteiger partial charge on any atom is -1.00 e. The van der Waals surface area contributed by atoms with Crippen molar-refractivity contribution in [3.63, 3.8) is 0 Å². The van der Waals surface area contributed by atoms with E-state index in [1.807, 2.05) is 0 Å². The molecule has 2 aromatic rings. The fourth-order valence-electron chi connectivity index (χ4n) is 4.22. The molecule has 2 aromatic carbocycles. The van der Waals surface area contributed by atoms with Crippen LogP contribution in [0.25, 0.3) is 11.1 Å². The molecule has 0 amide bonds. The smallest absolute Gasteiger partial charge is 1.00 e. The van der Waals surface area contributed by atoms with Crippen LogP contribution in [0.4, 0.5) is 5.69 Å². The Hall–Kier alpha value is -0.947. The Morgan fingerprint density at radius 3 is 2.33 bits per heavy atom. The molecular weight excluding hydrogens is 452 g/mol. The van der Waals surface area contributed by atoms with E-state index in [0.717, 1.165) is 12.8 Å². The van der Waals surface area contributed by atoms with Crippen LogP contribution in [0.1, 0.15) is 31.4 Å². The SMILES string of the molecule is C[C](C)=[Zr+2]([C]1=CC=CC1)[c]1c(N(C)C)ccc2c1Cc1ccccc1-2.[Cl-].[Cl-]. The van der Waals surface area contributed by atoms with Crippen LogP contribution in [0.15, 0.2) is 57.9 Å². The normalized spacial score (nSPS) is 12.8. The van der Waals surface area contributed by atoms with Crippen molar-refractivity contribution in [3.8, 4) is 11.1 Å². The molecule has 0 fully saturated rings. The van der Waals surface area contributed by atoms with E-state index in [1.165, 1.54) is 22.4 Å². The molecule has 0 N–H and O–H groups in total. The Bertz CT molecular complexity index is 951. The number of fused-ring (bicyclic) bond motifs is 3. The standard InChI is InChI=1S/C15H14N.C5H5.C3H6.2ClH.Zr/c1-16(2)13-7-8-15-12(10-13)9-11-5-3-4-6-14(11)15;1-2-4-5-3-1;1-3-2;;;/h3-8H,9H2,1-2H3;1-3H,4H2;1-2H3;2*1H;/q;;;;;+2/p-2. The van der Waals surface area contributed by atoms with Gasteiger partial charge in [-0.05, 0) is 0 Å². The van der Waals surface area contributed by atoms with Crippen molar-refractivity contribution >= 4 is 12.2 Å². The Balaban J connectivity index is 0.00000131. The second-order valence-electron chi connectivity index (χ2n) is 7.41. The van der Waals surface area contributed by atoms with Gasteiger partial charge in [-0.2, -0.15) is 0 Å². The predicted molar refractivity (Wildman–Crippen MR) is 107 cm³/mol. The van der Waals surface area contributed by atoms with Crippen LogP contribution < -0.4 is 33.0 Å². The summed E-state index contributed by atoms with van der Waals surface area (Å²) in [6, 6.07) is 13.7. The first kappa shape index (κ1) is 22.3. The number of halogens is 2. The van der Waals surface area contributed by atoms with E-state index < -0.39 is 21.3 Å². The summed E-state index contributed by atoms with van der Waals surface area (Å²) in [5, 5.41) is 0. The van der Waals surface area contributed by atoms with Crippen molar-refractivity contribution in [2.24, 2.45) is 0 Å². The first-order chi connectivity index (χ1) is 12.1. The zero-order valence-corrected chi connectivity index (χ0v) is 20.3. The largest absolute Gasteiger partial charge is 1.00 e. The van der Waals surface area contributed by atoms with Gasteiger partial charge < -0.3 is 24.8 Å². The summed E-state index contributed by atoms with van der Waals surface area (Å²) < 4.78 is 5.09. The fourth-order valence-corrected chi connectivity index (χ4v) is 11.9. The molecule has 0 aliphatic heterocycles. The fraction of sp³-hybridized carbons (Fsp3) is 0.261. The summed E-state index contributed by atoms with van der Waals surface area (Å²) in [5.74, 6) is 0. The molecule has 0 bridgehead atoms. The van der Waals surface area contributed by atoms with Gasteiger partial charge in [0.1, 0.15) is 0 Å². The molecule has 0 unspecified atom stereocenters. The van der Waals surface area contributed by atoms with E-state index in [0.29, 0.717) is 0 Å². The minimum absolute atomic E-state index is 0. The molecule has 0 radical (unpaired) electrons. The number of rotatable bonds is 3. The summed E-state index contributed by atoms with van der Waals surface area (Å²) in [6.07, 6.45) is 9.24. The van der Waals surface area contributed by atoms with Gasteiger partial charge >= 0.3 is 159 Å². The minimum atomic E-state index is -2.03. The van der Waals surface area contributed by atoms with Gasteiger partial charge in [-0.3, -0.25) is 0 Å². The molecule has 0 spiro atoms. The van der Waals surface area contributed by atoms with Crippen LogP contribution in [0, 0.1) is 0 Å². The van der Waals surface area contributed by atoms with E-state index in [4.69, 9.17) is 0 Å². The molecule has 1 nitrogen and oxygen atoms in total. The molecule has 2 aliphatic carbocycles. The molecule has 0 atom stereocenters. The van der Waals surface area contributed by atoms with Crippen molar-refractivity contribution in [2.45, 2.75) is 26.7 Å². The Labute approximate surface area is 183 Å². The Morgan fingerprint density at radius 2 is 1.70 bits per heavy atom. The zero-order valence-electron chi connectivity index (χ0n) is 16.3. The Kier molecular flexibility index (Phi) is 7.48. The molecule has 4 heteroatoms. The molecule has 4 rings (SSSR count). The van der Waals surface area contributed by atoms with Gasteiger partial charge in [-0.25, -0.2) is 0 Å². The number of allylic oxidation sites excluding steroid dienone is 4. The number of hydrogen-bond acceptors (Lipinski definition) is 1. The second-order valence-corrected chi connectivity index (χ2v) is 14.5. The van der Waals surface area contributed by atoms with Gasteiger partial charge in [0.15, 0.2) is 0 Å². The topological polar surface area (TPSA) is 3.24 Å². The van der Waals surface area contributed by atoms with Crippen molar-refractivity contribution in [2.75, 3.05) is 19.0 Å². The summed E-state index contributed by atoms with van der Waals surface area (Å²) >= 11 is -2.03. The number of anilines is 1. The van der Waals surface area contributed by atoms with E-state index in [1.54, 1.807) is 15.3 Å². The quantitative estimate of drug-likeness (QED) is 0.450. The van der Waals surface area contributed by atoms with Gasteiger partial charge in [0, 0.05) is 0 Å². The summed E-state index contributed by atoms with van der Waals surface area (Å²) in [5.41, 5.74) is 7.46. The molecule has 140 valence electrons. The van der Waals surface area contributed by atoms with Crippen LogP contribution in [0.5, 0.6) is 0 Å². The van der Waals surface area contributed by atoms with Crippen molar-refractivity contribution in [1.29, 1.82) is 0 Å². The molecule has 0 aromatic heterocycles. The molecule has 0 heterocycles. The van der Waals surface area contributed by atoms with E-state index >= 15 is 0 Å². The van der Waals surface area contributed by atoms with Gasteiger partial charge in [-0.15, -0.1) is 0 Å². The average Bonchev–Trinajstić information content (AvgIpc) is 3.22. The Morgan fingerprint density at radius 1 is 0.963 bits per heavy atom. The van der Waals surface area contributed by atoms with Gasteiger partial charge in [0.2, 0.25) is 0 Å². The third-order valence-corrected chi connectivity index (χ3v) is 12.8. The summed E-state index contributed by atoms with van der Waals surface area (Å²) in [6.45, 7) is 4.74. The maximum absolute atomic E-state index is 2.41. The van der Waals surface area contributed by atoms with Crippen LogP contribution in [0.3, 0.4) is 0 Å². The van der Waals surface area contributed by atoms with Gasteiger partial charge in [-0.1, -0.05) is 0 Å². The molecule has 0 saturated carbocycles.